The lowest BCUT2D eigenvalue weighted by Crippen LogP contribution is -2.55. The van der Waals surface area contributed by atoms with E-state index in [2.05, 4.69) is 21.3 Å². The topological polar surface area (TPSA) is 123 Å². The Kier molecular flexibility index (Phi) is 8.25. The number of halogens is 3. The maximum Gasteiger partial charge on any atom is 0.401 e. The van der Waals surface area contributed by atoms with Crippen LogP contribution in [0.4, 0.5) is 13.2 Å². The van der Waals surface area contributed by atoms with Crippen LogP contribution in [0.15, 0.2) is 0 Å². The molecule has 8 nitrogen and oxygen atoms in total. The summed E-state index contributed by atoms with van der Waals surface area (Å²) in [6, 6.07) is -0.190. The molecule has 0 spiro atoms. The number of carbonyl (C=O) groups is 3. The second kappa shape index (κ2) is 9.64. The van der Waals surface area contributed by atoms with E-state index >= 15 is 0 Å². The number of nitrogens with one attached hydrogen (secondary N) is 4. The van der Waals surface area contributed by atoms with Crippen molar-refractivity contribution >= 4 is 17.7 Å². The molecule has 4 N–H and O–H groups in total. The number of nitrogens with zero attached hydrogens (tertiary/aromatic N) is 1. The number of alkyl halides is 3. The number of amides is 3. The summed E-state index contributed by atoms with van der Waals surface area (Å²) in [5.74, 6) is -2.04. The summed E-state index contributed by atoms with van der Waals surface area (Å²) in [4.78, 5) is 36.4. The predicted molar refractivity (Wildman–Crippen MR) is 103 cm³/mol. The fourth-order valence-electron chi connectivity index (χ4n) is 3.34. The Morgan fingerprint density at radius 3 is 2.33 bits per heavy atom. The highest BCUT2D eigenvalue weighted by atomic mass is 19.4. The van der Waals surface area contributed by atoms with Gasteiger partial charge in [-0.25, -0.2) is 0 Å². The van der Waals surface area contributed by atoms with Crippen molar-refractivity contribution in [2.24, 2.45) is 11.3 Å². The van der Waals surface area contributed by atoms with Crippen LogP contribution in [0.25, 0.3) is 0 Å². The summed E-state index contributed by atoms with van der Waals surface area (Å²) in [6.45, 7) is 6.67. The summed E-state index contributed by atoms with van der Waals surface area (Å²) in [7, 11) is 0. The molecule has 1 saturated heterocycles. The van der Waals surface area contributed by atoms with Crippen LogP contribution < -0.4 is 21.3 Å². The summed E-state index contributed by atoms with van der Waals surface area (Å²) < 4.78 is 37.5. The van der Waals surface area contributed by atoms with Gasteiger partial charge in [0, 0.05) is 11.5 Å². The first-order valence-electron chi connectivity index (χ1n) is 9.63. The first kappa shape index (κ1) is 25.7. The molecule has 1 rings (SSSR count). The van der Waals surface area contributed by atoms with Crippen molar-refractivity contribution in [3.63, 3.8) is 0 Å². The van der Waals surface area contributed by atoms with Crippen molar-refractivity contribution in [3.8, 4) is 6.07 Å². The molecule has 11 heteroatoms. The van der Waals surface area contributed by atoms with Gasteiger partial charge in [-0.3, -0.25) is 19.7 Å². The van der Waals surface area contributed by atoms with Crippen LogP contribution in [0.3, 0.4) is 0 Å². The molecule has 1 aliphatic rings. The monoisotopic (exact) mass is 433 g/mol. The Balaban J connectivity index is 2.59. The van der Waals surface area contributed by atoms with E-state index in [9.17, 15) is 32.8 Å². The average molecular weight is 433 g/mol. The van der Waals surface area contributed by atoms with Gasteiger partial charge in [0.05, 0.1) is 25.2 Å². The quantitative estimate of drug-likeness (QED) is 0.455. The zero-order valence-electron chi connectivity index (χ0n) is 17.9. The van der Waals surface area contributed by atoms with E-state index in [0.717, 1.165) is 0 Å². The molecule has 1 aliphatic heterocycles. The smallest absolute Gasteiger partial charge is 0.351 e. The Morgan fingerprint density at radius 2 is 1.90 bits per heavy atom. The van der Waals surface area contributed by atoms with Gasteiger partial charge in [0.2, 0.25) is 17.7 Å². The highest BCUT2D eigenvalue weighted by molar-refractivity contribution is 5.88. The zero-order chi connectivity index (χ0) is 23.3. The molecule has 170 valence electrons. The highest BCUT2D eigenvalue weighted by Crippen LogP contribution is 2.27. The van der Waals surface area contributed by atoms with Crippen LogP contribution in [-0.2, 0) is 14.4 Å². The molecule has 0 aromatic rings. The van der Waals surface area contributed by atoms with Crippen molar-refractivity contribution < 1.29 is 27.6 Å². The molecule has 0 aromatic carbocycles. The van der Waals surface area contributed by atoms with Crippen LogP contribution in [0.2, 0.25) is 0 Å². The van der Waals surface area contributed by atoms with Crippen LogP contribution in [0.5, 0.6) is 0 Å². The van der Waals surface area contributed by atoms with Gasteiger partial charge in [0.1, 0.15) is 6.04 Å². The van der Waals surface area contributed by atoms with Gasteiger partial charge in [-0.05, 0) is 32.1 Å². The molecular weight excluding hydrogens is 403 g/mol. The van der Waals surface area contributed by atoms with E-state index in [-0.39, 0.29) is 17.9 Å². The summed E-state index contributed by atoms with van der Waals surface area (Å²) in [5.41, 5.74) is -1.21. The number of rotatable bonds is 8. The molecule has 0 radical (unpaired) electrons. The molecule has 0 bridgehead atoms. The fraction of sp³-hybridized carbons (Fsp3) is 0.789. The maximum absolute atomic E-state index is 12.5. The normalized spacial score (nSPS) is 20.6. The SMILES string of the molecule is CC1(C)C[C@@H](C[C@@H](C#N)NC(=O)CNC(=O)[C@@H](NCC(F)(F)F)C(C)(C)C)C(=O)N1. The third-order valence-corrected chi connectivity index (χ3v) is 4.66. The van der Waals surface area contributed by atoms with Gasteiger partial charge in [0.15, 0.2) is 0 Å². The van der Waals surface area contributed by atoms with E-state index in [1.807, 2.05) is 19.9 Å². The van der Waals surface area contributed by atoms with Crippen molar-refractivity contribution in [1.82, 2.24) is 21.3 Å². The van der Waals surface area contributed by atoms with Crippen LogP contribution in [0.1, 0.15) is 47.5 Å². The van der Waals surface area contributed by atoms with Gasteiger partial charge < -0.3 is 16.0 Å². The Hall–Kier alpha value is -2.35. The standard InChI is InChI=1S/C19H30F3N5O3/c1-17(2,3)14(25-10-19(20,21)22)16(30)24-9-13(28)26-12(8-23)6-11-7-18(4,5)27-15(11)29/h11-12,14,25H,6-7,9-10H2,1-5H3,(H,24,30)(H,26,28)(H,27,29)/t11-,12+,14-/m1/s1. The van der Waals surface area contributed by atoms with E-state index in [1.54, 1.807) is 20.8 Å². The van der Waals surface area contributed by atoms with E-state index < -0.39 is 54.5 Å². The second-order valence-corrected chi connectivity index (χ2v) is 9.27. The minimum absolute atomic E-state index is 0.128. The minimum atomic E-state index is -4.48. The average Bonchev–Trinajstić information content (AvgIpc) is 2.81. The third-order valence-electron chi connectivity index (χ3n) is 4.66. The van der Waals surface area contributed by atoms with Crippen molar-refractivity contribution in [2.75, 3.05) is 13.1 Å². The molecular formula is C19H30F3N5O3. The van der Waals surface area contributed by atoms with Crippen molar-refractivity contribution in [2.45, 2.75) is 71.3 Å². The van der Waals surface area contributed by atoms with E-state index in [1.165, 1.54) is 0 Å². The minimum Gasteiger partial charge on any atom is -0.351 e. The van der Waals surface area contributed by atoms with Crippen LogP contribution >= 0.6 is 0 Å². The van der Waals surface area contributed by atoms with Gasteiger partial charge in [-0.15, -0.1) is 0 Å². The predicted octanol–water partition coefficient (Wildman–Crippen LogP) is 0.982. The van der Waals surface area contributed by atoms with Crippen LogP contribution in [-0.4, -0.2) is 54.6 Å². The Labute approximate surface area is 174 Å². The molecule has 0 saturated carbocycles. The zero-order valence-corrected chi connectivity index (χ0v) is 17.9. The van der Waals surface area contributed by atoms with Gasteiger partial charge in [0.25, 0.3) is 0 Å². The highest BCUT2D eigenvalue weighted by Gasteiger charge is 2.39. The molecule has 0 unspecified atom stereocenters. The molecule has 0 aromatic heterocycles. The summed E-state index contributed by atoms with van der Waals surface area (Å²) >= 11 is 0. The lowest BCUT2D eigenvalue weighted by molar-refractivity contribution is -0.136. The van der Waals surface area contributed by atoms with E-state index in [4.69, 9.17) is 0 Å². The van der Waals surface area contributed by atoms with Gasteiger partial charge in [-0.2, -0.15) is 18.4 Å². The third kappa shape index (κ3) is 8.57. The number of nitriles is 1. The Morgan fingerprint density at radius 1 is 1.30 bits per heavy atom. The molecule has 0 aliphatic carbocycles. The van der Waals surface area contributed by atoms with Crippen molar-refractivity contribution in [3.05, 3.63) is 0 Å². The summed E-state index contributed by atoms with van der Waals surface area (Å²) in [6.07, 6.45) is -3.83. The number of carbonyl (C=O) groups excluding carboxylic acids is 3. The van der Waals surface area contributed by atoms with Gasteiger partial charge >= 0.3 is 6.18 Å². The molecule has 1 fully saturated rings. The first-order valence-corrected chi connectivity index (χ1v) is 9.63. The molecule has 3 atom stereocenters. The molecule has 30 heavy (non-hydrogen) atoms. The summed E-state index contributed by atoms with van der Waals surface area (Å²) in [5, 5.41) is 19.0. The number of hydrogen-bond acceptors (Lipinski definition) is 5. The van der Waals surface area contributed by atoms with Crippen LogP contribution in [0, 0.1) is 22.7 Å². The largest absolute Gasteiger partial charge is 0.401 e. The van der Waals surface area contributed by atoms with E-state index in [0.29, 0.717) is 6.42 Å². The number of hydrogen-bond donors (Lipinski definition) is 4. The molecule has 1 heterocycles. The Bertz CT molecular complexity index is 695. The lowest BCUT2D eigenvalue weighted by atomic mass is 9.86. The van der Waals surface area contributed by atoms with Gasteiger partial charge in [-0.1, -0.05) is 20.8 Å². The fourth-order valence-corrected chi connectivity index (χ4v) is 3.34. The van der Waals surface area contributed by atoms with Crippen molar-refractivity contribution in [1.29, 1.82) is 5.26 Å². The maximum atomic E-state index is 12.5. The second-order valence-electron chi connectivity index (χ2n) is 9.27. The molecule has 3 amide bonds. The first-order chi connectivity index (χ1) is 13.5. The lowest BCUT2D eigenvalue weighted by Gasteiger charge is -2.30.